The number of hydrogen-bond donors (Lipinski definition) is 3. The third-order valence-electron chi connectivity index (χ3n) is 4.39. The average Bonchev–Trinajstić information content (AvgIpc) is 2.63. The minimum absolute atomic E-state index is 0. The molecule has 150 valence electrons. The number of rotatable bonds is 9. The molecule has 0 fully saturated rings. The predicted molar refractivity (Wildman–Crippen MR) is 125 cm³/mol. The molecule has 0 radical (unpaired) electrons. The van der Waals surface area contributed by atoms with Crippen molar-refractivity contribution in [3.8, 4) is 0 Å². The van der Waals surface area contributed by atoms with E-state index in [1.165, 1.54) is 5.56 Å². The number of guanidine groups is 1. The largest absolute Gasteiger partial charge is 0.396 e. The lowest BCUT2D eigenvalue weighted by Crippen LogP contribution is -2.40. The van der Waals surface area contributed by atoms with Gasteiger partial charge >= 0.3 is 0 Å². The van der Waals surface area contributed by atoms with Crippen LogP contribution < -0.4 is 10.6 Å². The molecular formula is C21H33IN4O. The zero-order chi connectivity index (χ0) is 18.8. The van der Waals surface area contributed by atoms with Crippen molar-refractivity contribution < 1.29 is 5.11 Å². The van der Waals surface area contributed by atoms with Crippen LogP contribution in [0.5, 0.6) is 0 Å². The zero-order valence-electron chi connectivity index (χ0n) is 16.6. The highest BCUT2D eigenvalue weighted by Crippen LogP contribution is 2.17. The second-order valence-electron chi connectivity index (χ2n) is 7.07. The van der Waals surface area contributed by atoms with Crippen LogP contribution in [-0.4, -0.2) is 35.7 Å². The Morgan fingerprint density at radius 1 is 1.19 bits per heavy atom. The Morgan fingerprint density at radius 3 is 2.67 bits per heavy atom. The Morgan fingerprint density at radius 2 is 1.96 bits per heavy atom. The fraction of sp³-hybridized carbons (Fsp3) is 0.524. The van der Waals surface area contributed by atoms with E-state index in [4.69, 9.17) is 4.99 Å². The number of aromatic nitrogens is 1. The summed E-state index contributed by atoms with van der Waals surface area (Å²) in [5.41, 5.74) is 2.17. The van der Waals surface area contributed by atoms with Crippen LogP contribution in [0.15, 0.2) is 41.5 Å². The molecule has 5 nitrogen and oxygen atoms in total. The van der Waals surface area contributed by atoms with Gasteiger partial charge in [-0.25, -0.2) is 4.99 Å². The zero-order valence-corrected chi connectivity index (χ0v) is 18.9. The predicted octanol–water partition coefficient (Wildman–Crippen LogP) is 3.95. The van der Waals surface area contributed by atoms with Crippen LogP contribution in [0.25, 0.3) is 10.9 Å². The van der Waals surface area contributed by atoms with Gasteiger partial charge in [-0.05, 0) is 49.3 Å². The molecule has 0 spiro atoms. The summed E-state index contributed by atoms with van der Waals surface area (Å²) in [7, 11) is 0. The number of halogens is 1. The molecule has 3 N–H and O–H groups in total. The molecule has 0 saturated heterocycles. The number of aliphatic hydroxyl groups excluding tert-OH is 1. The lowest BCUT2D eigenvalue weighted by atomic mass is 9.94. The van der Waals surface area contributed by atoms with Crippen molar-refractivity contribution in [3.05, 3.63) is 42.1 Å². The Labute approximate surface area is 180 Å². The molecule has 1 heterocycles. The fourth-order valence-electron chi connectivity index (χ4n) is 3.19. The highest BCUT2D eigenvalue weighted by Gasteiger charge is 2.11. The molecule has 1 aromatic carbocycles. The topological polar surface area (TPSA) is 69.5 Å². The standard InChI is InChI=1S/C21H32N4O.HI/c1-4-22-21(24-14-17(10-12-26)13-16(2)3)25-15-18-9-11-23-20-8-6-5-7-19(18)20;/h5-9,11,16-17,26H,4,10,12-15H2,1-3H3,(H2,22,24,25);1H. The molecule has 27 heavy (non-hydrogen) atoms. The van der Waals surface area contributed by atoms with Crippen LogP contribution in [0, 0.1) is 11.8 Å². The summed E-state index contributed by atoms with van der Waals surface area (Å²) in [5, 5.41) is 17.2. The van der Waals surface area contributed by atoms with Gasteiger partial charge in [0.2, 0.25) is 0 Å². The minimum Gasteiger partial charge on any atom is -0.396 e. The maximum absolute atomic E-state index is 9.29. The first kappa shape index (κ1) is 23.6. The van der Waals surface area contributed by atoms with Crippen molar-refractivity contribution in [1.82, 2.24) is 15.6 Å². The highest BCUT2D eigenvalue weighted by atomic mass is 127. The van der Waals surface area contributed by atoms with Gasteiger partial charge < -0.3 is 15.7 Å². The normalized spacial score (nSPS) is 12.7. The number of pyridine rings is 1. The smallest absolute Gasteiger partial charge is 0.191 e. The number of hydrogen-bond acceptors (Lipinski definition) is 3. The molecule has 0 bridgehead atoms. The van der Waals surface area contributed by atoms with Gasteiger partial charge in [0, 0.05) is 31.3 Å². The maximum atomic E-state index is 9.29. The van der Waals surface area contributed by atoms with E-state index < -0.39 is 0 Å². The molecular weight excluding hydrogens is 451 g/mol. The molecule has 0 saturated carbocycles. The summed E-state index contributed by atoms with van der Waals surface area (Å²) < 4.78 is 0. The van der Waals surface area contributed by atoms with E-state index in [0.29, 0.717) is 18.4 Å². The molecule has 0 aliphatic rings. The second-order valence-corrected chi connectivity index (χ2v) is 7.07. The Kier molecular flexibility index (Phi) is 11.3. The van der Waals surface area contributed by atoms with Crippen LogP contribution in [0.2, 0.25) is 0 Å². The maximum Gasteiger partial charge on any atom is 0.191 e. The van der Waals surface area contributed by atoms with E-state index in [9.17, 15) is 5.11 Å². The summed E-state index contributed by atoms with van der Waals surface area (Å²) in [4.78, 5) is 9.16. The van der Waals surface area contributed by atoms with Crippen LogP contribution in [-0.2, 0) is 6.54 Å². The number of benzene rings is 1. The van der Waals surface area contributed by atoms with Crippen LogP contribution in [0.1, 0.15) is 39.2 Å². The molecule has 0 aliphatic carbocycles. The van der Waals surface area contributed by atoms with E-state index in [0.717, 1.165) is 42.8 Å². The van der Waals surface area contributed by atoms with Crippen molar-refractivity contribution in [3.63, 3.8) is 0 Å². The minimum atomic E-state index is 0. The summed E-state index contributed by atoms with van der Waals surface area (Å²) in [5.74, 6) is 1.89. The van der Waals surface area contributed by atoms with E-state index in [2.05, 4.69) is 42.5 Å². The van der Waals surface area contributed by atoms with Crippen molar-refractivity contribution in [2.24, 2.45) is 16.8 Å². The average molecular weight is 484 g/mol. The quantitative estimate of drug-likeness (QED) is 0.287. The molecule has 0 aliphatic heterocycles. The van der Waals surface area contributed by atoms with Gasteiger partial charge in [-0.15, -0.1) is 24.0 Å². The van der Waals surface area contributed by atoms with Gasteiger partial charge in [0.05, 0.1) is 12.1 Å². The van der Waals surface area contributed by atoms with Gasteiger partial charge in [-0.1, -0.05) is 32.0 Å². The van der Waals surface area contributed by atoms with Gasteiger partial charge in [0.1, 0.15) is 0 Å². The summed E-state index contributed by atoms with van der Waals surface area (Å²) in [6.07, 6.45) is 3.76. The van der Waals surface area contributed by atoms with Crippen LogP contribution in [0.3, 0.4) is 0 Å². The van der Waals surface area contributed by atoms with E-state index in [1.54, 1.807) is 0 Å². The number of aliphatic imine (C=N–C) groups is 1. The third-order valence-corrected chi connectivity index (χ3v) is 4.39. The van der Waals surface area contributed by atoms with E-state index >= 15 is 0 Å². The Balaban J connectivity index is 0.00000364. The molecule has 1 unspecified atom stereocenters. The molecule has 2 rings (SSSR count). The Bertz CT molecular complexity index is 700. The van der Waals surface area contributed by atoms with E-state index in [1.807, 2.05) is 30.5 Å². The third kappa shape index (κ3) is 8.01. The first-order valence-electron chi connectivity index (χ1n) is 9.59. The first-order valence-corrected chi connectivity index (χ1v) is 9.59. The summed E-state index contributed by atoms with van der Waals surface area (Å²) in [6.45, 7) is 8.98. The summed E-state index contributed by atoms with van der Waals surface area (Å²) >= 11 is 0. The fourth-order valence-corrected chi connectivity index (χ4v) is 3.19. The molecule has 6 heteroatoms. The highest BCUT2D eigenvalue weighted by molar-refractivity contribution is 14.0. The number of nitrogens with zero attached hydrogens (tertiary/aromatic N) is 2. The number of para-hydroxylation sites is 1. The van der Waals surface area contributed by atoms with Gasteiger partial charge in [-0.3, -0.25) is 4.98 Å². The molecule has 1 aromatic heterocycles. The SMILES string of the molecule is CCNC(=NCc1ccnc2ccccc12)NCC(CCO)CC(C)C.I. The van der Waals surface area contributed by atoms with Gasteiger partial charge in [-0.2, -0.15) is 0 Å². The van der Waals surface area contributed by atoms with Crippen LogP contribution >= 0.6 is 24.0 Å². The molecule has 2 aromatic rings. The van der Waals surface area contributed by atoms with Gasteiger partial charge in [0.15, 0.2) is 5.96 Å². The number of fused-ring (bicyclic) bond motifs is 1. The van der Waals surface area contributed by atoms with Crippen molar-refractivity contribution >= 4 is 40.8 Å². The lowest BCUT2D eigenvalue weighted by Gasteiger charge is -2.20. The Hall–Kier alpha value is -1.41. The monoisotopic (exact) mass is 484 g/mol. The lowest BCUT2D eigenvalue weighted by molar-refractivity contribution is 0.243. The summed E-state index contributed by atoms with van der Waals surface area (Å²) in [6, 6.07) is 10.2. The van der Waals surface area contributed by atoms with E-state index in [-0.39, 0.29) is 30.6 Å². The van der Waals surface area contributed by atoms with Crippen molar-refractivity contribution in [2.75, 3.05) is 19.7 Å². The number of aliphatic hydroxyl groups is 1. The van der Waals surface area contributed by atoms with Crippen molar-refractivity contribution in [1.29, 1.82) is 0 Å². The second kappa shape index (κ2) is 12.9. The number of nitrogens with one attached hydrogen (secondary N) is 2. The van der Waals surface area contributed by atoms with Crippen molar-refractivity contribution in [2.45, 2.75) is 40.2 Å². The molecule has 0 amide bonds. The first-order chi connectivity index (χ1) is 12.6. The van der Waals surface area contributed by atoms with Crippen LogP contribution in [0.4, 0.5) is 0 Å². The molecule has 1 atom stereocenters. The van der Waals surface area contributed by atoms with Gasteiger partial charge in [0.25, 0.3) is 0 Å².